The van der Waals surface area contributed by atoms with E-state index in [0.29, 0.717) is 16.9 Å². The highest BCUT2D eigenvalue weighted by Crippen LogP contribution is 2.37. The molecule has 12 heteroatoms. The van der Waals surface area contributed by atoms with Crippen LogP contribution in [0.15, 0.2) is 50.4 Å². The number of methoxy groups -OCH3 is 1. The third-order valence-electron chi connectivity index (χ3n) is 3.27. The van der Waals surface area contributed by atoms with Gasteiger partial charge in [-0.15, -0.1) is 5.11 Å². The van der Waals surface area contributed by atoms with Gasteiger partial charge in [0.05, 0.1) is 17.7 Å². The smallest absolute Gasteiger partial charge is 0.300 e. The number of benzene rings is 2. The van der Waals surface area contributed by atoms with Crippen molar-refractivity contribution >= 4 is 37.3 Å². The maximum Gasteiger partial charge on any atom is 0.300 e. The quantitative estimate of drug-likeness (QED) is 0.390. The van der Waals surface area contributed by atoms with Gasteiger partial charge in [-0.05, 0) is 36.8 Å². The van der Waals surface area contributed by atoms with Gasteiger partial charge in [0, 0.05) is 11.8 Å². The van der Waals surface area contributed by atoms with Gasteiger partial charge < -0.3 is 10.5 Å². The first-order valence-electron chi connectivity index (χ1n) is 6.88. The zero-order valence-electron chi connectivity index (χ0n) is 13.6. The summed E-state index contributed by atoms with van der Waals surface area (Å²) in [7, 11) is -8.47. The van der Waals surface area contributed by atoms with E-state index in [9.17, 15) is 25.9 Å². The Hall–Kier alpha value is -2.54. The van der Waals surface area contributed by atoms with E-state index < -0.39 is 41.5 Å². The number of hydrogen-bond donors (Lipinski definition) is 3. The second kappa shape index (κ2) is 6.99. The van der Waals surface area contributed by atoms with Gasteiger partial charge in [-0.3, -0.25) is 9.11 Å². The van der Waals surface area contributed by atoms with E-state index >= 15 is 0 Å². The Labute approximate surface area is 149 Å². The Morgan fingerprint density at radius 1 is 0.962 bits per heavy atom. The lowest BCUT2D eigenvalue weighted by Crippen LogP contribution is -2.05. The van der Waals surface area contributed by atoms with Gasteiger partial charge in [-0.1, -0.05) is 0 Å². The molecule has 4 N–H and O–H groups in total. The van der Waals surface area contributed by atoms with Crippen molar-refractivity contribution in [3.8, 4) is 5.75 Å². The number of nitrogen functional groups attached to an aromatic ring is 1. The van der Waals surface area contributed by atoms with Gasteiger partial charge in [0.2, 0.25) is 0 Å². The van der Waals surface area contributed by atoms with Gasteiger partial charge in [-0.2, -0.15) is 21.9 Å². The lowest BCUT2D eigenvalue weighted by atomic mass is 10.2. The molecule has 0 atom stereocenters. The average molecular weight is 401 g/mol. The third-order valence-corrected chi connectivity index (χ3v) is 5.03. The van der Waals surface area contributed by atoms with Crippen LogP contribution in [0.4, 0.5) is 17.1 Å². The number of nitrogens with two attached hydrogens (primary N) is 1. The molecule has 0 radical (unpaired) electrons. The summed E-state index contributed by atoms with van der Waals surface area (Å²) in [4.78, 5) is -1.46. The van der Waals surface area contributed by atoms with E-state index in [2.05, 4.69) is 10.2 Å². The van der Waals surface area contributed by atoms with Crippen LogP contribution in [0.1, 0.15) is 5.56 Å². The maximum absolute atomic E-state index is 11.7. The van der Waals surface area contributed by atoms with Gasteiger partial charge >= 0.3 is 0 Å². The van der Waals surface area contributed by atoms with Crippen LogP contribution in [0.3, 0.4) is 0 Å². The molecule has 0 aliphatic carbocycles. The predicted octanol–water partition coefficient (Wildman–Crippen LogP) is 2.49. The lowest BCUT2D eigenvalue weighted by molar-refractivity contribution is 0.395. The molecule has 0 aromatic heterocycles. The number of ether oxygens (including phenoxy) is 1. The molecule has 0 saturated carbocycles. The molecule has 0 bridgehead atoms. The molecule has 0 amide bonds. The third kappa shape index (κ3) is 4.35. The summed E-state index contributed by atoms with van der Waals surface area (Å²) in [6.07, 6.45) is 0. The van der Waals surface area contributed by atoms with Crippen LogP contribution in [0.2, 0.25) is 0 Å². The summed E-state index contributed by atoms with van der Waals surface area (Å²) < 4.78 is 69.5. The number of hydrogen-bond acceptors (Lipinski definition) is 8. The van der Waals surface area contributed by atoms with Gasteiger partial charge in [0.15, 0.2) is 4.90 Å². The SMILES string of the molecule is COc1cc(S(=O)(=O)O)cc(N=Nc2ccc(N)cc2C)c1S(=O)(=O)O. The summed E-state index contributed by atoms with van der Waals surface area (Å²) >= 11 is 0. The van der Waals surface area contributed by atoms with Crippen molar-refractivity contribution in [2.75, 3.05) is 12.8 Å². The Morgan fingerprint density at radius 2 is 1.58 bits per heavy atom. The molecule has 0 spiro atoms. The molecule has 0 aliphatic heterocycles. The zero-order chi connectivity index (χ0) is 19.7. The molecule has 0 aliphatic rings. The number of azo groups is 1. The fraction of sp³-hybridized carbons (Fsp3) is 0.143. The first-order valence-corrected chi connectivity index (χ1v) is 9.76. The zero-order valence-corrected chi connectivity index (χ0v) is 15.2. The molecule has 0 fully saturated rings. The van der Waals surface area contributed by atoms with E-state index in [1.807, 2.05) is 0 Å². The Bertz CT molecular complexity index is 1090. The number of aryl methyl sites for hydroxylation is 1. The van der Waals surface area contributed by atoms with Gasteiger partial charge in [0.1, 0.15) is 11.4 Å². The molecule has 10 nitrogen and oxygen atoms in total. The van der Waals surface area contributed by atoms with E-state index in [0.717, 1.165) is 19.2 Å². The molecule has 0 saturated heterocycles. The molecular weight excluding hydrogens is 386 g/mol. The van der Waals surface area contributed by atoms with E-state index in [1.165, 1.54) is 6.07 Å². The molecule has 0 unspecified atom stereocenters. The summed E-state index contributed by atoms with van der Waals surface area (Å²) in [6.45, 7) is 1.68. The molecule has 2 aromatic rings. The van der Waals surface area contributed by atoms with Crippen molar-refractivity contribution in [2.24, 2.45) is 10.2 Å². The van der Waals surface area contributed by atoms with Crippen molar-refractivity contribution in [3.63, 3.8) is 0 Å². The maximum atomic E-state index is 11.7. The standard InChI is InChI=1S/C14H15N3O7S2/c1-8-5-9(15)3-4-11(8)16-17-12-6-10(25(18,19)20)7-13(24-2)14(12)26(21,22)23/h3-7H,15H2,1-2H3,(H,18,19,20)(H,21,22,23). The lowest BCUT2D eigenvalue weighted by Gasteiger charge is -2.10. The van der Waals surface area contributed by atoms with E-state index in [1.54, 1.807) is 19.1 Å². The van der Waals surface area contributed by atoms with E-state index in [4.69, 9.17) is 10.5 Å². The van der Waals surface area contributed by atoms with Crippen LogP contribution in [0, 0.1) is 6.92 Å². The highest BCUT2D eigenvalue weighted by atomic mass is 32.2. The van der Waals surface area contributed by atoms with Crippen molar-refractivity contribution < 1.29 is 30.7 Å². The number of nitrogens with zero attached hydrogens (tertiary/aromatic N) is 2. The Kier molecular flexibility index (Phi) is 5.32. The topological polar surface area (TPSA) is 169 Å². The fourth-order valence-electron chi connectivity index (χ4n) is 2.10. The van der Waals surface area contributed by atoms with Crippen LogP contribution in [0.5, 0.6) is 5.75 Å². The molecule has 2 aromatic carbocycles. The van der Waals surface area contributed by atoms with Crippen molar-refractivity contribution in [3.05, 3.63) is 35.9 Å². The molecule has 2 rings (SSSR count). The monoisotopic (exact) mass is 401 g/mol. The minimum atomic E-state index is -4.83. The van der Waals surface area contributed by atoms with Crippen molar-refractivity contribution in [2.45, 2.75) is 16.7 Å². The van der Waals surface area contributed by atoms with Crippen molar-refractivity contribution in [1.29, 1.82) is 0 Å². The largest absolute Gasteiger partial charge is 0.495 e. The minimum absolute atomic E-state index is 0.330. The first-order chi connectivity index (χ1) is 11.9. The average Bonchev–Trinajstić information content (AvgIpc) is 2.51. The van der Waals surface area contributed by atoms with Gasteiger partial charge in [-0.25, -0.2) is 0 Å². The molecule has 26 heavy (non-hydrogen) atoms. The van der Waals surface area contributed by atoms with Gasteiger partial charge in [0.25, 0.3) is 20.2 Å². The molecule has 0 heterocycles. The number of anilines is 1. The minimum Gasteiger partial charge on any atom is -0.495 e. The van der Waals surface area contributed by atoms with Crippen LogP contribution in [-0.2, 0) is 20.2 Å². The highest BCUT2D eigenvalue weighted by Gasteiger charge is 2.26. The molecule has 140 valence electrons. The normalized spacial score (nSPS) is 12.5. The van der Waals surface area contributed by atoms with E-state index in [-0.39, 0.29) is 0 Å². The first kappa shape index (κ1) is 19.8. The molecular formula is C14H15N3O7S2. The van der Waals surface area contributed by atoms with Crippen LogP contribution in [-0.4, -0.2) is 33.1 Å². The number of rotatable bonds is 5. The second-order valence-corrected chi connectivity index (χ2v) is 7.95. The highest BCUT2D eigenvalue weighted by molar-refractivity contribution is 7.86. The fourth-order valence-corrected chi connectivity index (χ4v) is 3.37. The summed E-state index contributed by atoms with van der Waals surface area (Å²) in [5.41, 5.74) is 6.53. The van der Waals surface area contributed by atoms with Crippen molar-refractivity contribution in [1.82, 2.24) is 0 Å². The van der Waals surface area contributed by atoms with Crippen LogP contribution >= 0.6 is 0 Å². The summed E-state index contributed by atoms with van der Waals surface area (Å²) in [5, 5.41) is 7.56. The summed E-state index contributed by atoms with van der Waals surface area (Å²) in [6, 6.07) is 6.15. The predicted molar refractivity (Wildman–Crippen MR) is 92.4 cm³/mol. The van der Waals surface area contributed by atoms with Crippen LogP contribution < -0.4 is 10.5 Å². The summed E-state index contributed by atoms with van der Waals surface area (Å²) in [5.74, 6) is -0.523. The van der Waals surface area contributed by atoms with Crippen LogP contribution in [0.25, 0.3) is 0 Å². The second-order valence-electron chi connectivity index (χ2n) is 5.17. The Balaban J connectivity index is 2.74. The Morgan fingerprint density at radius 3 is 2.08 bits per heavy atom.